The summed E-state index contributed by atoms with van der Waals surface area (Å²) >= 11 is 5.38. The van der Waals surface area contributed by atoms with Gasteiger partial charge in [-0.3, -0.25) is 0 Å². The third-order valence-electron chi connectivity index (χ3n) is 3.56. The molecular weight excluding hydrogens is 292 g/mol. The molecule has 1 heterocycles. The van der Waals surface area contributed by atoms with E-state index in [0.29, 0.717) is 5.11 Å². The first-order chi connectivity index (χ1) is 10.5. The van der Waals surface area contributed by atoms with Crippen molar-refractivity contribution in [3.63, 3.8) is 0 Å². The number of thiocarbonyl (C=S) groups is 1. The molecule has 0 bridgehead atoms. The van der Waals surface area contributed by atoms with Crippen molar-refractivity contribution in [1.29, 1.82) is 0 Å². The molecule has 0 amide bonds. The number of aromatic nitrogens is 2. The van der Waals surface area contributed by atoms with Gasteiger partial charge in [0.25, 0.3) is 0 Å². The van der Waals surface area contributed by atoms with Gasteiger partial charge in [0.15, 0.2) is 5.11 Å². The number of benzene rings is 1. The Morgan fingerprint density at radius 3 is 2.45 bits per heavy atom. The van der Waals surface area contributed by atoms with Crippen LogP contribution >= 0.6 is 12.2 Å². The van der Waals surface area contributed by atoms with Gasteiger partial charge in [-0.05, 0) is 57.5 Å². The summed E-state index contributed by atoms with van der Waals surface area (Å²) in [5.74, 6) is 0. The van der Waals surface area contributed by atoms with Gasteiger partial charge in [0.2, 0.25) is 0 Å². The van der Waals surface area contributed by atoms with Crippen molar-refractivity contribution in [2.24, 2.45) is 0 Å². The zero-order valence-electron chi connectivity index (χ0n) is 13.7. The molecule has 1 aromatic carbocycles. The third kappa shape index (κ3) is 4.56. The smallest absolute Gasteiger partial charge is 0.170 e. The Hall–Kier alpha value is -1.88. The maximum Gasteiger partial charge on any atom is 0.170 e. The molecule has 2 rings (SSSR count). The molecule has 0 radical (unpaired) electrons. The lowest BCUT2D eigenvalue weighted by Crippen LogP contribution is -2.30. The molecule has 2 N–H and O–H groups in total. The highest BCUT2D eigenvalue weighted by Crippen LogP contribution is 2.21. The van der Waals surface area contributed by atoms with Gasteiger partial charge in [0.05, 0.1) is 12.0 Å². The predicted octanol–water partition coefficient (Wildman–Crippen LogP) is 3.49. The fourth-order valence-electron chi connectivity index (χ4n) is 2.59. The summed E-state index contributed by atoms with van der Waals surface area (Å²) in [7, 11) is 0. The van der Waals surface area contributed by atoms with E-state index in [-0.39, 0.29) is 0 Å². The minimum absolute atomic E-state index is 0.678. The molecule has 0 saturated heterocycles. The number of hydrogen-bond donors (Lipinski definition) is 2. The van der Waals surface area contributed by atoms with E-state index in [0.717, 1.165) is 30.9 Å². The van der Waals surface area contributed by atoms with Crippen LogP contribution in [0, 0.1) is 27.7 Å². The van der Waals surface area contributed by atoms with Crippen LogP contribution in [0.5, 0.6) is 0 Å². The van der Waals surface area contributed by atoms with Crippen molar-refractivity contribution in [2.45, 2.75) is 40.7 Å². The highest BCUT2D eigenvalue weighted by atomic mass is 32.1. The first-order valence-corrected chi connectivity index (χ1v) is 7.97. The topological polar surface area (TPSA) is 41.9 Å². The van der Waals surface area contributed by atoms with Gasteiger partial charge >= 0.3 is 0 Å². The number of rotatable bonds is 5. The summed E-state index contributed by atoms with van der Waals surface area (Å²) in [4.78, 5) is 4.22. The molecule has 1 aromatic heterocycles. The Balaban J connectivity index is 1.78. The molecule has 118 valence electrons. The lowest BCUT2D eigenvalue weighted by Gasteiger charge is -2.15. The van der Waals surface area contributed by atoms with Crippen molar-refractivity contribution in [1.82, 2.24) is 14.9 Å². The SMILES string of the molecule is Cc1cc(C)c(NC(=S)NCCCn2cnc(C)c2)c(C)c1. The minimum Gasteiger partial charge on any atom is -0.362 e. The Morgan fingerprint density at radius 1 is 1.18 bits per heavy atom. The summed E-state index contributed by atoms with van der Waals surface area (Å²) in [5, 5.41) is 7.25. The van der Waals surface area contributed by atoms with Crippen molar-refractivity contribution in [3.8, 4) is 0 Å². The number of hydrogen-bond acceptors (Lipinski definition) is 2. The highest BCUT2D eigenvalue weighted by Gasteiger charge is 2.05. The van der Waals surface area contributed by atoms with Crippen molar-refractivity contribution in [3.05, 3.63) is 47.0 Å². The Bertz CT molecular complexity index is 637. The number of anilines is 1. The number of nitrogens with zero attached hydrogens (tertiary/aromatic N) is 2. The van der Waals surface area contributed by atoms with Crippen LogP contribution in [0.2, 0.25) is 0 Å². The van der Waals surface area contributed by atoms with Crippen LogP contribution in [0.1, 0.15) is 28.8 Å². The number of aryl methyl sites for hydroxylation is 5. The Labute approximate surface area is 138 Å². The van der Waals surface area contributed by atoms with Gasteiger partial charge < -0.3 is 15.2 Å². The van der Waals surface area contributed by atoms with Crippen LogP contribution in [0.25, 0.3) is 0 Å². The predicted molar refractivity (Wildman–Crippen MR) is 96.5 cm³/mol. The lowest BCUT2D eigenvalue weighted by molar-refractivity contribution is 0.631. The number of nitrogens with one attached hydrogen (secondary N) is 2. The van der Waals surface area contributed by atoms with E-state index in [1.807, 2.05) is 13.3 Å². The quantitative estimate of drug-likeness (QED) is 0.654. The molecule has 0 aliphatic carbocycles. The van der Waals surface area contributed by atoms with E-state index in [2.05, 4.69) is 59.3 Å². The van der Waals surface area contributed by atoms with E-state index in [4.69, 9.17) is 12.2 Å². The molecule has 0 aliphatic heterocycles. The lowest BCUT2D eigenvalue weighted by atomic mass is 10.1. The zero-order valence-corrected chi connectivity index (χ0v) is 14.5. The second-order valence-electron chi connectivity index (χ2n) is 5.76. The molecule has 2 aromatic rings. The molecule has 0 saturated carbocycles. The van der Waals surface area contributed by atoms with E-state index in [9.17, 15) is 0 Å². The third-order valence-corrected chi connectivity index (χ3v) is 3.80. The van der Waals surface area contributed by atoms with Crippen molar-refractivity contribution >= 4 is 23.0 Å². The maximum absolute atomic E-state index is 5.38. The molecule has 0 fully saturated rings. The largest absolute Gasteiger partial charge is 0.362 e. The summed E-state index contributed by atoms with van der Waals surface area (Å²) in [6.45, 7) is 10.1. The maximum atomic E-state index is 5.38. The summed E-state index contributed by atoms with van der Waals surface area (Å²) < 4.78 is 2.10. The van der Waals surface area contributed by atoms with Gasteiger partial charge in [-0.25, -0.2) is 4.98 Å². The fraction of sp³-hybridized carbons (Fsp3) is 0.412. The van der Waals surface area contributed by atoms with Gasteiger partial charge in [0, 0.05) is 25.0 Å². The van der Waals surface area contributed by atoms with Gasteiger partial charge in [-0.2, -0.15) is 0 Å². The average molecular weight is 316 g/mol. The Kier molecular flexibility index (Phi) is 5.55. The van der Waals surface area contributed by atoms with Gasteiger partial charge in [0.1, 0.15) is 0 Å². The van der Waals surface area contributed by atoms with E-state index < -0.39 is 0 Å². The summed E-state index contributed by atoms with van der Waals surface area (Å²) in [5.41, 5.74) is 5.87. The molecule has 4 nitrogen and oxygen atoms in total. The molecule has 5 heteroatoms. The van der Waals surface area contributed by atoms with Crippen LogP contribution < -0.4 is 10.6 Å². The molecular formula is C17H24N4S. The molecule has 0 spiro atoms. The first kappa shape index (κ1) is 16.5. The summed E-state index contributed by atoms with van der Waals surface area (Å²) in [6, 6.07) is 4.33. The van der Waals surface area contributed by atoms with Crippen LogP contribution in [0.3, 0.4) is 0 Å². The van der Waals surface area contributed by atoms with Crippen LogP contribution in [0.15, 0.2) is 24.7 Å². The van der Waals surface area contributed by atoms with Gasteiger partial charge in [-0.15, -0.1) is 0 Å². The van der Waals surface area contributed by atoms with Crippen molar-refractivity contribution in [2.75, 3.05) is 11.9 Å². The Morgan fingerprint density at radius 2 is 1.86 bits per heavy atom. The molecule has 0 aliphatic rings. The second-order valence-corrected chi connectivity index (χ2v) is 6.17. The average Bonchev–Trinajstić information content (AvgIpc) is 2.84. The number of imidazole rings is 1. The van der Waals surface area contributed by atoms with Crippen LogP contribution in [-0.4, -0.2) is 21.2 Å². The molecule has 0 atom stereocenters. The molecule has 22 heavy (non-hydrogen) atoms. The second kappa shape index (κ2) is 7.40. The minimum atomic E-state index is 0.678. The first-order valence-electron chi connectivity index (χ1n) is 7.57. The summed E-state index contributed by atoms with van der Waals surface area (Å²) in [6.07, 6.45) is 4.92. The zero-order chi connectivity index (χ0) is 16.1. The van der Waals surface area contributed by atoms with E-state index in [1.165, 1.54) is 16.7 Å². The van der Waals surface area contributed by atoms with E-state index in [1.54, 1.807) is 0 Å². The highest BCUT2D eigenvalue weighted by molar-refractivity contribution is 7.80. The monoisotopic (exact) mass is 316 g/mol. The van der Waals surface area contributed by atoms with E-state index >= 15 is 0 Å². The van der Waals surface area contributed by atoms with Crippen LogP contribution in [-0.2, 0) is 6.54 Å². The molecule has 0 unspecified atom stereocenters. The standard InChI is InChI=1S/C17H24N4S/c1-12-8-13(2)16(14(3)9-12)20-17(22)18-6-5-7-21-10-15(4)19-11-21/h8-11H,5-7H2,1-4H3,(H2,18,20,22). The fourth-order valence-corrected chi connectivity index (χ4v) is 2.80. The van der Waals surface area contributed by atoms with Crippen molar-refractivity contribution < 1.29 is 0 Å². The van der Waals surface area contributed by atoms with Crippen LogP contribution in [0.4, 0.5) is 5.69 Å². The van der Waals surface area contributed by atoms with Gasteiger partial charge in [-0.1, -0.05) is 17.7 Å². The normalized spacial score (nSPS) is 10.5.